The molecule has 2 aliphatic rings. The number of rotatable bonds is 4. The molecule has 7 heteroatoms. The second-order valence-electron chi connectivity index (χ2n) is 6.80. The number of methoxy groups -OCH3 is 3. The van der Waals surface area contributed by atoms with Crippen molar-refractivity contribution in [2.45, 2.75) is 12.9 Å². The van der Waals surface area contributed by atoms with E-state index in [1.54, 1.807) is 21.3 Å². The third-order valence-electron chi connectivity index (χ3n) is 5.38. The van der Waals surface area contributed by atoms with Gasteiger partial charge in [-0.25, -0.2) is 0 Å². The van der Waals surface area contributed by atoms with Gasteiger partial charge in [0.15, 0.2) is 29.3 Å². The highest BCUT2D eigenvalue weighted by Crippen LogP contribution is 2.51. The Hall–Kier alpha value is -3.16. The van der Waals surface area contributed by atoms with Gasteiger partial charge in [0.2, 0.25) is 12.5 Å². The van der Waals surface area contributed by atoms with Gasteiger partial charge in [0.05, 0.1) is 27.9 Å². The van der Waals surface area contributed by atoms with Gasteiger partial charge in [-0.05, 0) is 46.3 Å². The van der Waals surface area contributed by atoms with Crippen LogP contribution < -0.4 is 23.7 Å². The maximum atomic E-state index is 10.6. The summed E-state index contributed by atoms with van der Waals surface area (Å²) in [7, 11) is 4.75. The molecular weight excluding hydrogens is 376 g/mol. The molecule has 0 saturated carbocycles. The van der Waals surface area contributed by atoms with Crippen LogP contribution in [0.3, 0.4) is 0 Å². The predicted octanol–water partition coefficient (Wildman–Crippen LogP) is 3.78. The molecule has 0 radical (unpaired) electrons. The molecule has 2 aliphatic heterocycles. The van der Waals surface area contributed by atoms with Crippen molar-refractivity contribution in [2.24, 2.45) is 0 Å². The molecule has 1 N–H and O–H groups in total. The zero-order chi connectivity index (χ0) is 20.1. The third kappa shape index (κ3) is 2.58. The highest BCUT2D eigenvalue weighted by atomic mass is 16.7. The standard InChI is InChI=1S/C22H20O7/c1-24-17-8-13-14(20(25-2)21(17)26-3)6-12-9-27-22(23)19(12)18(13)11-4-5-15-16(7-11)29-10-28-15/h4-8,22-23H,9-10H2,1-3H3. The molecular formula is C22H20O7. The summed E-state index contributed by atoms with van der Waals surface area (Å²) in [5.41, 5.74) is 3.32. The van der Waals surface area contributed by atoms with Crippen LogP contribution in [0.5, 0.6) is 28.7 Å². The van der Waals surface area contributed by atoms with Crippen molar-refractivity contribution >= 4 is 10.8 Å². The van der Waals surface area contributed by atoms with Crippen molar-refractivity contribution in [1.29, 1.82) is 0 Å². The topological polar surface area (TPSA) is 75.6 Å². The second-order valence-corrected chi connectivity index (χ2v) is 6.80. The van der Waals surface area contributed by atoms with Crippen molar-refractivity contribution in [3.05, 3.63) is 41.5 Å². The van der Waals surface area contributed by atoms with E-state index in [0.29, 0.717) is 35.4 Å². The van der Waals surface area contributed by atoms with Crippen molar-refractivity contribution in [3.8, 4) is 39.9 Å². The predicted molar refractivity (Wildman–Crippen MR) is 105 cm³/mol. The van der Waals surface area contributed by atoms with Crippen molar-refractivity contribution in [3.63, 3.8) is 0 Å². The van der Waals surface area contributed by atoms with Gasteiger partial charge in [0, 0.05) is 10.9 Å². The number of fused-ring (bicyclic) bond motifs is 3. The number of hydrogen-bond acceptors (Lipinski definition) is 7. The third-order valence-corrected chi connectivity index (χ3v) is 5.38. The van der Waals surface area contributed by atoms with Crippen molar-refractivity contribution in [1.82, 2.24) is 0 Å². The Labute approximate surface area is 167 Å². The first-order valence-electron chi connectivity index (χ1n) is 9.14. The van der Waals surface area contributed by atoms with Gasteiger partial charge in [0.25, 0.3) is 0 Å². The monoisotopic (exact) mass is 396 g/mol. The highest BCUT2D eigenvalue weighted by Gasteiger charge is 2.30. The van der Waals surface area contributed by atoms with E-state index < -0.39 is 6.29 Å². The van der Waals surface area contributed by atoms with Gasteiger partial charge < -0.3 is 33.5 Å². The number of aliphatic hydroxyl groups is 1. The van der Waals surface area contributed by atoms with Crippen LogP contribution in [0.15, 0.2) is 30.3 Å². The van der Waals surface area contributed by atoms with Crippen LogP contribution in [-0.2, 0) is 11.3 Å². The lowest BCUT2D eigenvalue weighted by Gasteiger charge is -2.20. The maximum Gasteiger partial charge on any atom is 0.231 e. The molecule has 0 amide bonds. The minimum atomic E-state index is -1.02. The minimum Gasteiger partial charge on any atom is -0.493 e. The SMILES string of the molecule is COc1cc2c(-c3ccc4c(c3)OCO4)c3c(cc2c(OC)c1OC)COC3O. The number of hydrogen-bond donors (Lipinski definition) is 1. The largest absolute Gasteiger partial charge is 0.493 e. The van der Waals surface area contributed by atoms with Crippen LogP contribution in [0.2, 0.25) is 0 Å². The van der Waals surface area contributed by atoms with Gasteiger partial charge in [-0.2, -0.15) is 0 Å². The average molecular weight is 396 g/mol. The highest BCUT2D eigenvalue weighted by molar-refractivity contribution is 6.05. The van der Waals surface area contributed by atoms with E-state index >= 15 is 0 Å². The van der Waals surface area contributed by atoms with Crippen LogP contribution in [0.1, 0.15) is 17.4 Å². The van der Waals surface area contributed by atoms with E-state index in [9.17, 15) is 5.11 Å². The Morgan fingerprint density at radius 1 is 0.897 bits per heavy atom. The molecule has 0 saturated heterocycles. The maximum absolute atomic E-state index is 10.6. The molecule has 0 fully saturated rings. The van der Waals surface area contributed by atoms with Crippen LogP contribution in [0.25, 0.3) is 21.9 Å². The molecule has 7 nitrogen and oxygen atoms in total. The summed E-state index contributed by atoms with van der Waals surface area (Å²) in [4.78, 5) is 0. The summed E-state index contributed by atoms with van der Waals surface area (Å²) in [6, 6.07) is 9.57. The fourth-order valence-electron chi connectivity index (χ4n) is 4.10. The molecule has 3 aromatic rings. The quantitative estimate of drug-likeness (QED) is 0.719. The molecule has 0 spiro atoms. The summed E-state index contributed by atoms with van der Waals surface area (Å²) < 4.78 is 33.3. The van der Waals surface area contributed by atoms with Gasteiger partial charge in [-0.1, -0.05) is 6.07 Å². The normalized spacial score (nSPS) is 16.8. The zero-order valence-electron chi connectivity index (χ0n) is 16.3. The average Bonchev–Trinajstić information content (AvgIpc) is 3.36. The van der Waals surface area contributed by atoms with E-state index in [2.05, 4.69) is 0 Å². The fourth-order valence-corrected chi connectivity index (χ4v) is 4.10. The number of aliphatic hydroxyl groups excluding tert-OH is 1. The summed E-state index contributed by atoms with van der Waals surface area (Å²) >= 11 is 0. The lowest BCUT2D eigenvalue weighted by atomic mass is 9.89. The minimum absolute atomic E-state index is 0.191. The second kappa shape index (κ2) is 6.72. The Morgan fingerprint density at radius 3 is 2.45 bits per heavy atom. The Morgan fingerprint density at radius 2 is 1.69 bits per heavy atom. The number of benzene rings is 3. The molecule has 2 heterocycles. The summed E-state index contributed by atoms with van der Waals surface area (Å²) in [6.45, 7) is 0.499. The van der Waals surface area contributed by atoms with Gasteiger partial charge >= 0.3 is 0 Å². The van der Waals surface area contributed by atoms with E-state index in [4.69, 9.17) is 28.4 Å². The molecule has 3 aromatic carbocycles. The van der Waals surface area contributed by atoms with Gasteiger partial charge in [0.1, 0.15) is 0 Å². The molecule has 5 rings (SSSR count). The first-order chi connectivity index (χ1) is 14.2. The first kappa shape index (κ1) is 17.9. The van der Waals surface area contributed by atoms with Crippen molar-refractivity contribution in [2.75, 3.05) is 28.1 Å². The zero-order valence-corrected chi connectivity index (χ0v) is 16.3. The van der Waals surface area contributed by atoms with Gasteiger partial charge in [-0.15, -0.1) is 0 Å². The van der Waals surface area contributed by atoms with E-state index in [0.717, 1.165) is 33.0 Å². The molecule has 150 valence electrons. The fraction of sp³-hybridized carbons (Fsp3) is 0.273. The first-order valence-corrected chi connectivity index (χ1v) is 9.14. The molecule has 1 atom stereocenters. The Kier molecular flexibility index (Phi) is 4.15. The Bertz CT molecular complexity index is 1120. The van der Waals surface area contributed by atoms with E-state index in [1.165, 1.54) is 0 Å². The Balaban J connectivity index is 1.89. The molecule has 0 aromatic heterocycles. The van der Waals surface area contributed by atoms with Crippen LogP contribution in [0.4, 0.5) is 0 Å². The molecule has 0 aliphatic carbocycles. The van der Waals surface area contributed by atoms with Crippen LogP contribution >= 0.6 is 0 Å². The molecule has 0 bridgehead atoms. The molecule has 29 heavy (non-hydrogen) atoms. The van der Waals surface area contributed by atoms with E-state index in [1.807, 2.05) is 30.3 Å². The summed E-state index contributed by atoms with van der Waals surface area (Å²) in [5, 5.41) is 12.3. The lowest BCUT2D eigenvalue weighted by molar-refractivity contribution is -0.0915. The molecule has 1 unspecified atom stereocenters. The number of ether oxygens (including phenoxy) is 6. The summed E-state index contributed by atoms with van der Waals surface area (Å²) in [5.74, 6) is 2.96. The van der Waals surface area contributed by atoms with Crippen LogP contribution in [-0.4, -0.2) is 33.2 Å². The summed E-state index contributed by atoms with van der Waals surface area (Å²) in [6.07, 6.45) is -1.02. The smallest absolute Gasteiger partial charge is 0.231 e. The van der Waals surface area contributed by atoms with Gasteiger partial charge in [-0.3, -0.25) is 0 Å². The van der Waals surface area contributed by atoms with Crippen molar-refractivity contribution < 1.29 is 33.5 Å². The van der Waals surface area contributed by atoms with E-state index in [-0.39, 0.29) is 6.79 Å². The van der Waals surface area contributed by atoms with Crippen LogP contribution in [0, 0.1) is 0 Å². The lowest BCUT2D eigenvalue weighted by Crippen LogP contribution is -2.01.